The van der Waals surface area contributed by atoms with Gasteiger partial charge in [-0.1, -0.05) is 20.8 Å². The van der Waals surface area contributed by atoms with Crippen LogP contribution >= 0.6 is 0 Å². The van der Waals surface area contributed by atoms with Crippen LogP contribution in [0.2, 0.25) is 0 Å². The molecule has 24 heavy (non-hydrogen) atoms. The zero-order chi connectivity index (χ0) is 18.3. The first-order valence-corrected chi connectivity index (χ1v) is 8.53. The van der Waals surface area contributed by atoms with E-state index in [-0.39, 0.29) is 24.2 Å². The molecule has 0 saturated heterocycles. The lowest BCUT2D eigenvalue weighted by Gasteiger charge is -2.58. The van der Waals surface area contributed by atoms with Crippen molar-refractivity contribution in [2.45, 2.75) is 66.1 Å². The summed E-state index contributed by atoms with van der Waals surface area (Å²) < 4.78 is 11.0. The number of esters is 2. The van der Waals surface area contributed by atoms with E-state index in [4.69, 9.17) is 9.47 Å². The molecule has 0 radical (unpaired) electrons. The molecule has 0 unspecified atom stereocenters. The van der Waals surface area contributed by atoms with Crippen molar-refractivity contribution in [2.24, 2.45) is 22.7 Å². The highest BCUT2D eigenvalue weighted by molar-refractivity contribution is 5.88. The summed E-state index contributed by atoms with van der Waals surface area (Å²) in [5, 5.41) is 9.50. The molecule has 2 rings (SSSR count). The number of ether oxygens (including phenoxy) is 2. The molecule has 0 aliphatic heterocycles. The Bertz CT molecular complexity index is 540. The van der Waals surface area contributed by atoms with Gasteiger partial charge in [-0.05, 0) is 18.8 Å². The van der Waals surface area contributed by atoms with Gasteiger partial charge in [-0.25, -0.2) is 0 Å². The molecular weight excluding hydrogens is 312 g/mol. The SMILES string of the molecule is CC(=O)O[C@@H]1C[C@]2(C)C(=O)[C@H](CO)CC[C@H]2C(C)(C)[C@H]1OC(C)=O. The number of carbonyl (C=O) groups excluding carboxylic acids is 3. The third kappa shape index (κ3) is 3.08. The Labute approximate surface area is 142 Å². The van der Waals surface area contributed by atoms with E-state index in [0.29, 0.717) is 12.8 Å². The van der Waals surface area contributed by atoms with E-state index in [9.17, 15) is 19.5 Å². The molecular formula is C18H28O6. The molecule has 0 bridgehead atoms. The second kappa shape index (κ2) is 6.47. The first-order chi connectivity index (χ1) is 11.0. The zero-order valence-electron chi connectivity index (χ0n) is 15.1. The second-order valence-electron chi connectivity index (χ2n) is 7.99. The molecule has 136 valence electrons. The normalized spacial score (nSPS) is 38.2. The summed E-state index contributed by atoms with van der Waals surface area (Å²) in [5.74, 6) is -1.24. The zero-order valence-corrected chi connectivity index (χ0v) is 15.1. The summed E-state index contributed by atoms with van der Waals surface area (Å²) in [6.45, 7) is 8.31. The van der Waals surface area contributed by atoms with Crippen LogP contribution in [-0.2, 0) is 23.9 Å². The van der Waals surface area contributed by atoms with E-state index in [1.807, 2.05) is 20.8 Å². The maximum atomic E-state index is 13.0. The van der Waals surface area contributed by atoms with E-state index >= 15 is 0 Å². The molecule has 0 heterocycles. The predicted octanol–water partition coefficient (Wildman–Crippen LogP) is 1.87. The van der Waals surface area contributed by atoms with Crippen molar-refractivity contribution in [3.8, 4) is 0 Å². The molecule has 5 atom stereocenters. The standard InChI is InChI=1S/C18H28O6/c1-10(20)23-13-8-18(5)14(7-6-12(9-19)15(18)22)17(3,4)16(13)24-11(2)21/h12-14,16,19H,6-9H2,1-5H3/t12-,13+,14-,16-,18-/m0/s1. The van der Waals surface area contributed by atoms with Gasteiger partial charge in [-0.15, -0.1) is 0 Å². The number of hydrogen-bond donors (Lipinski definition) is 1. The highest BCUT2D eigenvalue weighted by Crippen LogP contribution is 2.58. The fraction of sp³-hybridized carbons (Fsp3) is 0.833. The summed E-state index contributed by atoms with van der Waals surface area (Å²) in [6.07, 6.45) is 0.461. The van der Waals surface area contributed by atoms with Crippen molar-refractivity contribution >= 4 is 17.7 Å². The first-order valence-electron chi connectivity index (χ1n) is 8.53. The number of rotatable bonds is 3. The molecule has 0 amide bonds. The van der Waals surface area contributed by atoms with E-state index in [1.165, 1.54) is 13.8 Å². The van der Waals surface area contributed by atoms with E-state index in [0.717, 1.165) is 6.42 Å². The Morgan fingerprint density at radius 2 is 1.71 bits per heavy atom. The van der Waals surface area contributed by atoms with Crippen molar-refractivity contribution in [3.63, 3.8) is 0 Å². The molecule has 0 aromatic rings. The van der Waals surface area contributed by atoms with Crippen molar-refractivity contribution in [1.82, 2.24) is 0 Å². The van der Waals surface area contributed by atoms with Crippen molar-refractivity contribution in [1.29, 1.82) is 0 Å². The largest absolute Gasteiger partial charge is 0.459 e. The van der Waals surface area contributed by atoms with Gasteiger partial charge in [-0.2, -0.15) is 0 Å². The van der Waals surface area contributed by atoms with Gasteiger partial charge in [0, 0.05) is 37.0 Å². The summed E-state index contributed by atoms with van der Waals surface area (Å²) >= 11 is 0. The average molecular weight is 340 g/mol. The number of hydrogen-bond acceptors (Lipinski definition) is 6. The summed E-state index contributed by atoms with van der Waals surface area (Å²) in [5.41, 5.74) is -1.22. The molecule has 0 aromatic heterocycles. The quantitative estimate of drug-likeness (QED) is 0.789. The lowest BCUT2D eigenvalue weighted by Crippen LogP contribution is -2.63. The molecule has 0 spiro atoms. The second-order valence-corrected chi connectivity index (χ2v) is 7.99. The minimum Gasteiger partial charge on any atom is -0.459 e. The number of ketones is 1. The number of carbonyl (C=O) groups is 3. The topological polar surface area (TPSA) is 89.9 Å². The molecule has 2 aliphatic carbocycles. The van der Waals surface area contributed by atoms with Gasteiger partial charge in [0.15, 0.2) is 0 Å². The van der Waals surface area contributed by atoms with E-state index < -0.39 is 35.0 Å². The fourth-order valence-corrected chi connectivity index (χ4v) is 4.99. The smallest absolute Gasteiger partial charge is 0.303 e. The lowest BCUT2D eigenvalue weighted by molar-refractivity contribution is -0.212. The minimum absolute atomic E-state index is 0.00328. The van der Waals surface area contributed by atoms with Crippen LogP contribution < -0.4 is 0 Å². The van der Waals surface area contributed by atoms with Gasteiger partial charge >= 0.3 is 11.9 Å². The number of aliphatic hydroxyl groups excluding tert-OH is 1. The fourth-order valence-electron chi connectivity index (χ4n) is 4.99. The summed E-state index contributed by atoms with van der Waals surface area (Å²) in [4.78, 5) is 36.1. The first kappa shape index (κ1) is 18.9. The predicted molar refractivity (Wildman–Crippen MR) is 85.9 cm³/mol. The molecule has 6 nitrogen and oxygen atoms in total. The van der Waals surface area contributed by atoms with Crippen LogP contribution in [-0.4, -0.2) is 41.6 Å². The average Bonchev–Trinajstić information content (AvgIpc) is 2.44. The van der Waals surface area contributed by atoms with E-state index in [1.54, 1.807) is 0 Å². The monoisotopic (exact) mass is 340 g/mol. The highest BCUT2D eigenvalue weighted by atomic mass is 16.6. The van der Waals surface area contributed by atoms with Crippen molar-refractivity contribution in [2.75, 3.05) is 6.61 Å². The van der Waals surface area contributed by atoms with Gasteiger partial charge in [0.05, 0.1) is 6.61 Å². The van der Waals surface area contributed by atoms with Gasteiger partial charge < -0.3 is 14.6 Å². The molecule has 2 aliphatic rings. The van der Waals surface area contributed by atoms with Crippen molar-refractivity contribution in [3.05, 3.63) is 0 Å². The van der Waals surface area contributed by atoms with Gasteiger partial charge in [0.25, 0.3) is 0 Å². The minimum atomic E-state index is -0.702. The maximum Gasteiger partial charge on any atom is 0.303 e. The third-order valence-electron chi connectivity index (χ3n) is 5.93. The van der Waals surface area contributed by atoms with Gasteiger partial charge in [0.1, 0.15) is 18.0 Å². The Kier molecular flexibility index (Phi) is 5.09. The van der Waals surface area contributed by atoms with Crippen LogP contribution in [0, 0.1) is 22.7 Å². The molecule has 6 heteroatoms. The summed E-state index contributed by atoms with van der Waals surface area (Å²) in [6, 6.07) is 0. The Morgan fingerprint density at radius 3 is 2.21 bits per heavy atom. The third-order valence-corrected chi connectivity index (χ3v) is 5.93. The van der Waals surface area contributed by atoms with Gasteiger partial charge in [0.2, 0.25) is 0 Å². The number of aliphatic hydroxyl groups is 1. The summed E-state index contributed by atoms with van der Waals surface area (Å²) in [7, 11) is 0. The highest BCUT2D eigenvalue weighted by Gasteiger charge is 2.62. The van der Waals surface area contributed by atoms with Crippen LogP contribution in [0.25, 0.3) is 0 Å². The Hall–Kier alpha value is -1.43. The van der Waals surface area contributed by atoms with Crippen LogP contribution in [0.15, 0.2) is 0 Å². The molecule has 1 N–H and O–H groups in total. The number of Topliss-reactive ketones (excluding diaryl/α,β-unsaturated/α-hetero) is 1. The lowest BCUT2D eigenvalue weighted by atomic mass is 9.48. The van der Waals surface area contributed by atoms with Crippen molar-refractivity contribution < 1.29 is 29.0 Å². The van der Waals surface area contributed by atoms with Crippen LogP contribution in [0.4, 0.5) is 0 Å². The van der Waals surface area contributed by atoms with Crippen LogP contribution in [0.3, 0.4) is 0 Å². The maximum absolute atomic E-state index is 13.0. The van der Waals surface area contributed by atoms with Gasteiger partial charge in [-0.3, -0.25) is 14.4 Å². The Balaban J connectivity index is 2.44. The molecule has 2 fully saturated rings. The molecule has 2 saturated carbocycles. The number of fused-ring (bicyclic) bond motifs is 1. The van der Waals surface area contributed by atoms with Crippen LogP contribution in [0.1, 0.15) is 53.9 Å². The van der Waals surface area contributed by atoms with E-state index in [2.05, 4.69) is 0 Å². The molecule has 0 aromatic carbocycles. The Morgan fingerprint density at radius 1 is 1.12 bits per heavy atom. The van der Waals surface area contributed by atoms with Crippen LogP contribution in [0.5, 0.6) is 0 Å².